The van der Waals surface area contributed by atoms with Crippen molar-refractivity contribution in [3.05, 3.63) is 112 Å². The Bertz CT molecular complexity index is 1640. The molecular weight excluding hydrogens is 510 g/mol. The minimum Gasteiger partial charge on any atom is -0.506 e. The molecule has 6 rings (SSSR count). The van der Waals surface area contributed by atoms with Gasteiger partial charge in [0.25, 0.3) is 5.91 Å². The third-order valence-electron chi connectivity index (χ3n) is 6.90. The second-order valence-electron chi connectivity index (χ2n) is 9.53. The number of benzene rings is 3. The summed E-state index contributed by atoms with van der Waals surface area (Å²) in [5.41, 5.74) is 3.34. The highest BCUT2D eigenvalue weighted by molar-refractivity contribution is 6.32. The molecule has 2 aliphatic rings. The monoisotopic (exact) mass is 535 g/mol. The lowest BCUT2D eigenvalue weighted by Crippen LogP contribution is -2.50. The average Bonchev–Trinajstić information content (AvgIpc) is 3.52. The van der Waals surface area contributed by atoms with E-state index in [1.165, 1.54) is 5.56 Å². The number of carbonyl (C=O) groups excluding carboxylic acids is 1. The van der Waals surface area contributed by atoms with Gasteiger partial charge >= 0.3 is 0 Å². The van der Waals surface area contributed by atoms with E-state index in [4.69, 9.17) is 21.6 Å². The van der Waals surface area contributed by atoms with Gasteiger partial charge in [-0.15, -0.1) is 0 Å². The molecule has 0 saturated carbocycles. The maximum atomic E-state index is 13.9. The highest BCUT2D eigenvalue weighted by Crippen LogP contribution is 2.34. The molecule has 3 aromatic carbocycles. The van der Waals surface area contributed by atoms with Crippen LogP contribution in [0.4, 0.5) is 5.82 Å². The van der Waals surface area contributed by atoms with Crippen LogP contribution < -0.4 is 4.90 Å². The fourth-order valence-corrected chi connectivity index (χ4v) is 5.24. The standard InChI is InChI=1S/C31H26ClN5O2/c1-2-35-30(39)28-29(37-20-24(33-31(35)37)17-22-11-7-4-8-12-22)34-27(16-14-21-9-5-3-6-10-21)36(28)19-23-13-15-26(38)25(32)18-23/h3-13,15,18,24,38H,2,17,19-20H2,1H3/t24-/m1/s1. The van der Waals surface area contributed by atoms with E-state index in [-0.39, 0.29) is 22.7 Å². The topological polar surface area (TPSA) is 74.0 Å². The number of guanidine groups is 1. The quantitative estimate of drug-likeness (QED) is 0.367. The van der Waals surface area contributed by atoms with Gasteiger partial charge in [0.2, 0.25) is 5.96 Å². The van der Waals surface area contributed by atoms with Crippen LogP contribution in [0.1, 0.15) is 39.9 Å². The van der Waals surface area contributed by atoms with E-state index in [2.05, 4.69) is 24.0 Å². The molecule has 0 saturated heterocycles. The number of phenols is 1. The molecule has 0 radical (unpaired) electrons. The van der Waals surface area contributed by atoms with Crippen LogP contribution in [-0.2, 0) is 13.0 Å². The first-order valence-corrected chi connectivity index (χ1v) is 13.3. The number of halogens is 1. The van der Waals surface area contributed by atoms with Crippen LogP contribution in [0.15, 0.2) is 83.9 Å². The average molecular weight is 536 g/mol. The van der Waals surface area contributed by atoms with Crippen molar-refractivity contribution in [2.45, 2.75) is 25.9 Å². The molecule has 3 heterocycles. The zero-order valence-electron chi connectivity index (χ0n) is 21.4. The molecule has 194 valence electrons. The molecule has 7 nitrogen and oxygen atoms in total. The fraction of sp³-hybridized carbons (Fsp3) is 0.194. The lowest BCUT2D eigenvalue weighted by atomic mass is 10.1. The highest BCUT2D eigenvalue weighted by atomic mass is 35.5. The van der Waals surface area contributed by atoms with Crippen molar-refractivity contribution in [1.29, 1.82) is 0 Å². The van der Waals surface area contributed by atoms with Crippen LogP contribution in [0.2, 0.25) is 5.02 Å². The summed E-state index contributed by atoms with van der Waals surface area (Å²) in [7, 11) is 0. The Balaban J connectivity index is 1.44. The van der Waals surface area contributed by atoms with Gasteiger partial charge in [0, 0.05) is 12.1 Å². The lowest BCUT2D eigenvalue weighted by Gasteiger charge is -2.32. The Morgan fingerprint density at radius 3 is 2.46 bits per heavy atom. The van der Waals surface area contributed by atoms with Gasteiger partial charge in [0.15, 0.2) is 17.3 Å². The number of carbonyl (C=O) groups is 1. The van der Waals surface area contributed by atoms with Crippen LogP contribution in [-0.4, -0.2) is 50.6 Å². The Morgan fingerprint density at radius 2 is 1.74 bits per heavy atom. The first-order valence-electron chi connectivity index (χ1n) is 12.9. The van der Waals surface area contributed by atoms with Crippen molar-refractivity contribution in [3.8, 4) is 17.6 Å². The van der Waals surface area contributed by atoms with E-state index in [1.807, 2.05) is 64.9 Å². The van der Waals surface area contributed by atoms with E-state index in [0.717, 1.165) is 17.5 Å². The lowest BCUT2D eigenvalue weighted by molar-refractivity contribution is 0.0836. The van der Waals surface area contributed by atoms with Gasteiger partial charge in [0.05, 0.1) is 24.2 Å². The minimum absolute atomic E-state index is 0.00453. The molecule has 0 fully saturated rings. The summed E-state index contributed by atoms with van der Waals surface area (Å²) in [6.07, 6.45) is 0.773. The largest absolute Gasteiger partial charge is 0.506 e. The van der Waals surface area contributed by atoms with Gasteiger partial charge in [-0.1, -0.05) is 72.1 Å². The van der Waals surface area contributed by atoms with Crippen molar-refractivity contribution in [2.75, 3.05) is 18.0 Å². The van der Waals surface area contributed by atoms with Gasteiger partial charge in [-0.25, -0.2) is 9.98 Å². The van der Waals surface area contributed by atoms with Crippen LogP contribution in [0.5, 0.6) is 5.75 Å². The van der Waals surface area contributed by atoms with Crippen molar-refractivity contribution < 1.29 is 9.90 Å². The molecule has 0 aliphatic carbocycles. The summed E-state index contributed by atoms with van der Waals surface area (Å²) < 4.78 is 1.85. The third-order valence-corrected chi connectivity index (χ3v) is 7.21. The van der Waals surface area contributed by atoms with E-state index < -0.39 is 0 Å². The molecule has 0 unspecified atom stereocenters. The van der Waals surface area contributed by atoms with Crippen molar-refractivity contribution in [3.63, 3.8) is 0 Å². The van der Waals surface area contributed by atoms with Crippen molar-refractivity contribution in [2.24, 2.45) is 4.99 Å². The molecule has 1 amide bonds. The summed E-state index contributed by atoms with van der Waals surface area (Å²) in [5.74, 6) is 7.92. The van der Waals surface area contributed by atoms with E-state index in [0.29, 0.717) is 42.9 Å². The van der Waals surface area contributed by atoms with E-state index >= 15 is 0 Å². The summed E-state index contributed by atoms with van der Waals surface area (Å²) in [5, 5.41) is 10.2. The number of fused-ring (bicyclic) bond motifs is 3. The summed E-state index contributed by atoms with van der Waals surface area (Å²) >= 11 is 6.21. The Labute approximate surface area is 232 Å². The van der Waals surface area contributed by atoms with Gasteiger partial charge in [-0.05, 0) is 54.7 Å². The van der Waals surface area contributed by atoms with Crippen molar-refractivity contribution >= 4 is 29.3 Å². The van der Waals surface area contributed by atoms with Gasteiger partial charge in [0.1, 0.15) is 5.75 Å². The SMILES string of the molecule is CCN1C(=O)c2c(nc(C#Cc3ccccc3)n2Cc2ccc(O)c(Cl)c2)N2C[C@@H](Cc3ccccc3)N=C12. The number of hydrogen-bond donors (Lipinski definition) is 1. The number of nitrogens with zero attached hydrogens (tertiary/aromatic N) is 5. The maximum Gasteiger partial charge on any atom is 0.281 e. The molecule has 8 heteroatoms. The predicted molar refractivity (Wildman–Crippen MR) is 152 cm³/mol. The zero-order valence-corrected chi connectivity index (χ0v) is 22.1. The Hall–Kier alpha value is -4.54. The van der Waals surface area contributed by atoms with E-state index in [9.17, 15) is 9.90 Å². The van der Waals surface area contributed by atoms with E-state index in [1.54, 1.807) is 23.1 Å². The molecule has 1 atom stereocenters. The molecule has 1 N–H and O–H groups in total. The number of aliphatic imine (C=N–C) groups is 1. The van der Waals surface area contributed by atoms with Gasteiger partial charge < -0.3 is 9.67 Å². The number of anilines is 1. The molecule has 2 aliphatic heterocycles. The second-order valence-corrected chi connectivity index (χ2v) is 9.94. The minimum atomic E-state index is -0.159. The van der Waals surface area contributed by atoms with Crippen LogP contribution in [0, 0.1) is 11.8 Å². The Kier molecular flexibility index (Phi) is 6.55. The normalized spacial score (nSPS) is 15.9. The summed E-state index contributed by atoms with van der Waals surface area (Å²) in [6, 6.07) is 25.0. The fourth-order valence-electron chi connectivity index (χ4n) is 5.03. The molecular formula is C31H26ClN5O2. The Morgan fingerprint density at radius 1 is 1.00 bits per heavy atom. The predicted octanol–water partition coefficient (Wildman–Crippen LogP) is 4.95. The van der Waals surface area contributed by atoms with Crippen LogP contribution >= 0.6 is 11.6 Å². The van der Waals surface area contributed by atoms with Crippen LogP contribution in [0.3, 0.4) is 0 Å². The number of hydrogen-bond acceptors (Lipinski definition) is 5. The summed E-state index contributed by atoms with van der Waals surface area (Å²) in [6.45, 7) is 3.37. The molecule has 4 aromatic rings. The maximum absolute atomic E-state index is 13.9. The third kappa shape index (κ3) is 4.75. The van der Waals surface area contributed by atoms with Crippen molar-refractivity contribution in [1.82, 2.24) is 14.5 Å². The smallest absolute Gasteiger partial charge is 0.281 e. The number of imidazole rings is 1. The number of amides is 1. The van der Waals surface area contributed by atoms with Gasteiger partial charge in [-0.2, -0.15) is 0 Å². The number of aromatic hydroxyl groups is 1. The highest BCUT2D eigenvalue weighted by Gasteiger charge is 2.43. The number of rotatable bonds is 5. The number of phenolic OH excluding ortho intramolecular Hbond substituents is 1. The van der Waals surface area contributed by atoms with Crippen LogP contribution in [0.25, 0.3) is 0 Å². The van der Waals surface area contributed by atoms with Gasteiger partial charge in [-0.3, -0.25) is 14.6 Å². The number of aromatic nitrogens is 2. The molecule has 1 aromatic heterocycles. The summed E-state index contributed by atoms with van der Waals surface area (Å²) in [4.78, 5) is 27.5. The zero-order chi connectivity index (χ0) is 26.9. The molecule has 0 bridgehead atoms. The second kappa shape index (κ2) is 10.3. The first kappa shape index (κ1) is 24.8. The molecule has 39 heavy (non-hydrogen) atoms. The molecule has 0 spiro atoms. The first-order chi connectivity index (χ1) is 19.0.